The minimum atomic E-state index is -1.31. The zero-order valence-corrected chi connectivity index (χ0v) is 37.8. The third-order valence-corrected chi connectivity index (χ3v) is 12.4. The van der Waals surface area contributed by atoms with Crippen molar-refractivity contribution in [3.8, 4) is 0 Å². The molecule has 0 spiro atoms. The van der Waals surface area contributed by atoms with Crippen molar-refractivity contribution >= 4 is 41.2 Å². The lowest BCUT2D eigenvalue weighted by molar-refractivity contribution is -0.142. The lowest BCUT2D eigenvalue weighted by Gasteiger charge is -2.32. The van der Waals surface area contributed by atoms with Crippen LogP contribution < -0.4 is 21.3 Å². The first-order chi connectivity index (χ1) is 30.1. The second-order valence-electron chi connectivity index (χ2n) is 17.7. The molecular weight excluding hydrogens is 809 g/mol. The Morgan fingerprint density at radius 3 is 2.11 bits per heavy atom. The molecule has 0 aromatic rings. The van der Waals surface area contributed by atoms with Crippen molar-refractivity contribution in [1.29, 1.82) is 0 Å². The number of amides is 4. The summed E-state index contributed by atoms with van der Waals surface area (Å²) >= 11 is 0. The molecule has 0 fully saturated rings. The molecule has 0 radical (unpaired) electrons. The number of aliphatic hydroxyl groups excluding tert-OH is 3. The van der Waals surface area contributed by atoms with Crippen molar-refractivity contribution in [3.05, 3.63) is 46.8 Å². The molecule has 0 aromatic carbocycles. The molecule has 7 atom stereocenters. The van der Waals surface area contributed by atoms with Crippen molar-refractivity contribution in [2.45, 2.75) is 180 Å². The molecule has 0 saturated heterocycles. The molecule has 1 aliphatic heterocycles. The summed E-state index contributed by atoms with van der Waals surface area (Å²) in [6, 6.07) is -3.59. The number of rotatable bonds is 26. The summed E-state index contributed by atoms with van der Waals surface area (Å²) in [5.74, 6) is -6.45. The van der Waals surface area contributed by atoms with E-state index in [-0.39, 0.29) is 75.4 Å². The molecule has 63 heavy (non-hydrogen) atoms. The SMILES string of the molecule is CCCCCCCCCCCCCCCC(=O)N[C@H](CO)C(=O)NCCC(C)C(=O)CCC(=O)N[C@@H]1C(=O)C[C@@H](C)C(=O)N[C@H](C(=O)O)CC2=CCC(O)C(=C2)C2=C(O)C=C[C@H]1C2. The van der Waals surface area contributed by atoms with Crippen LogP contribution in [0.5, 0.6) is 0 Å². The van der Waals surface area contributed by atoms with Crippen LogP contribution >= 0.6 is 0 Å². The molecule has 1 heterocycles. The van der Waals surface area contributed by atoms with Crippen LogP contribution in [0.25, 0.3) is 0 Å². The normalized spacial score (nSPS) is 22.5. The van der Waals surface area contributed by atoms with E-state index >= 15 is 0 Å². The second-order valence-corrected chi connectivity index (χ2v) is 17.7. The maximum Gasteiger partial charge on any atom is 0.326 e. The van der Waals surface area contributed by atoms with Crippen LogP contribution in [0.2, 0.25) is 0 Å². The molecule has 15 nitrogen and oxygen atoms in total. The summed E-state index contributed by atoms with van der Waals surface area (Å²) in [6.45, 7) is 4.90. The topological polar surface area (TPSA) is 249 Å². The largest absolute Gasteiger partial charge is 0.508 e. The van der Waals surface area contributed by atoms with E-state index in [9.17, 15) is 54.0 Å². The van der Waals surface area contributed by atoms with Gasteiger partial charge in [0.15, 0.2) is 5.78 Å². The Kier molecular flexibility index (Phi) is 23.6. The molecule has 8 N–H and O–H groups in total. The van der Waals surface area contributed by atoms with Gasteiger partial charge in [0, 0.05) is 62.0 Å². The third-order valence-electron chi connectivity index (χ3n) is 12.4. The number of carboxylic acid groups (broad SMARTS) is 1. The van der Waals surface area contributed by atoms with Crippen molar-refractivity contribution in [1.82, 2.24) is 21.3 Å². The van der Waals surface area contributed by atoms with Crippen LogP contribution in [-0.4, -0.2) is 99.0 Å². The van der Waals surface area contributed by atoms with Crippen LogP contribution in [0.15, 0.2) is 46.8 Å². The average Bonchev–Trinajstić information content (AvgIpc) is 3.25. The highest BCUT2D eigenvalue weighted by molar-refractivity contribution is 5.94. The minimum absolute atomic E-state index is 0.0557. The number of carbonyl (C=O) groups excluding carboxylic acids is 6. The Morgan fingerprint density at radius 2 is 1.49 bits per heavy atom. The van der Waals surface area contributed by atoms with Crippen molar-refractivity contribution in [2.75, 3.05) is 13.2 Å². The molecule has 0 aromatic heterocycles. The first-order valence-electron chi connectivity index (χ1n) is 23.4. The van der Waals surface area contributed by atoms with E-state index in [1.54, 1.807) is 25.2 Å². The van der Waals surface area contributed by atoms with Gasteiger partial charge in [-0.3, -0.25) is 28.8 Å². The molecular formula is C48H74N4O11. The van der Waals surface area contributed by atoms with E-state index in [2.05, 4.69) is 28.2 Å². The van der Waals surface area contributed by atoms with Gasteiger partial charge in [-0.25, -0.2) is 4.79 Å². The van der Waals surface area contributed by atoms with Crippen LogP contribution in [0, 0.1) is 17.8 Å². The highest BCUT2D eigenvalue weighted by atomic mass is 16.4. The molecule has 0 saturated carbocycles. The molecule has 2 unspecified atom stereocenters. The van der Waals surface area contributed by atoms with Gasteiger partial charge in [0.25, 0.3) is 0 Å². The van der Waals surface area contributed by atoms with Gasteiger partial charge < -0.3 is 41.7 Å². The number of carboxylic acids is 1. The van der Waals surface area contributed by atoms with Gasteiger partial charge in [0.05, 0.1) is 18.8 Å². The molecule has 4 amide bonds. The first-order valence-corrected chi connectivity index (χ1v) is 23.4. The fraction of sp³-hybridized carbons (Fsp3) is 0.688. The molecule has 3 rings (SSSR count). The number of hydrogen-bond acceptors (Lipinski definition) is 10. The minimum Gasteiger partial charge on any atom is -0.508 e. The summed E-state index contributed by atoms with van der Waals surface area (Å²) in [5.41, 5.74) is 1.25. The number of Topliss-reactive ketones (excluding diaryl/α,β-unsaturated/α-hetero) is 2. The van der Waals surface area contributed by atoms with E-state index < -0.39 is 78.1 Å². The third kappa shape index (κ3) is 18.6. The standard InChI is InChI=1S/C48H74N4O11/c1-4-5-6-7-8-9-10-11-12-13-14-15-16-17-43(58)50-38(30-53)47(61)49-25-24-31(2)39(54)22-23-44(59)52-45-34-19-21-41(56)36(29-34)35-27-33(18-20-40(35)55)28-37(48(62)63)51-46(60)32(3)26-42(45)57/h18-19,21,27,31-32,34,37-38,40,45,53,55-56H,4-17,20,22-26,28-30H2,1-3H3,(H,49,61)(H,50,58)(H,51,60)(H,52,59)(H,62,63)/t31?,32-,34+,37+,38-,40?,45+/m1/s1. The van der Waals surface area contributed by atoms with Gasteiger partial charge in [-0.2, -0.15) is 0 Å². The smallest absolute Gasteiger partial charge is 0.326 e. The zero-order valence-electron chi connectivity index (χ0n) is 37.8. The van der Waals surface area contributed by atoms with Crippen LogP contribution in [0.1, 0.15) is 156 Å². The van der Waals surface area contributed by atoms with E-state index in [0.29, 0.717) is 23.1 Å². The van der Waals surface area contributed by atoms with Crippen molar-refractivity contribution in [2.24, 2.45) is 17.8 Å². The van der Waals surface area contributed by atoms with Crippen molar-refractivity contribution in [3.63, 3.8) is 0 Å². The summed E-state index contributed by atoms with van der Waals surface area (Å²) < 4.78 is 0. The van der Waals surface area contributed by atoms with Gasteiger partial charge in [-0.05, 0) is 42.9 Å². The number of unbranched alkanes of at least 4 members (excludes halogenated alkanes) is 12. The lowest BCUT2D eigenvalue weighted by Crippen LogP contribution is -2.49. The first kappa shape index (κ1) is 52.7. The Balaban J connectivity index is 1.45. The maximum atomic E-state index is 13.8. The Bertz CT molecular complexity index is 1700. The highest BCUT2D eigenvalue weighted by Crippen LogP contribution is 2.36. The fourth-order valence-corrected chi connectivity index (χ4v) is 8.28. The van der Waals surface area contributed by atoms with Crippen LogP contribution in [-0.2, 0) is 33.6 Å². The predicted molar refractivity (Wildman–Crippen MR) is 239 cm³/mol. The van der Waals surface area contributed by atoms with Gasteiger partial charge in [-0.1, -0.05) is 116 Å². The van der Waals surface area contributed by atoms with E-state index in [4.69, 9.17) is 0 Å². The van der Waals surface area contributed by atoms with Gasteiger partial charge in [0.2, 0.25) is 23.6 Å². The second kappa shape index (κ2) is 28.2. The van der Waals surface area contributed by atoms with Gasteiger partial charge in [-0.15, -0.1) is 0 Å². The summed E-state index contributed by atoms with van der Waals surface area (Å²) in [4.78, 5) is 90.6. The molecule has 2 aliphatic carbocycles. The molecule has 15 heteroatoms. The van der Waals surface area contributed by atoms with Gasteiger partial charge >= 0.3 is 5.97 Å². The Morgan fingerprint density at radius 1 is 0.857 bits per heavy atom. The Labute approximate surface area is 373 Å². The summed E-state index contributed by atoms with van der Waals surface area (Å²) in [7, 11) is 0. The summed E-state index contributed by atoms with van der Waals surface area (Å²) in [6.07, 6.45) is 20.6. The molecule has 352 valence electrons. The quantitative estimate of drug-likeness (QED) is 0.0505. The summed E-state index contributed by atoms with van der Waals surface area (Å²) in [5, 5.41) is 51.9. The van der Waals surface area contributed by atoms with E-state index in [1.807, 2.05) is 0 Å². The van der Waals surface area contributed by atoms with E-state index in [0.717, 1.165) is 19.3 Å². The van der Waals surface area contributed by atoms with Gasteiger partial charge in [0.1, 0.15) is 23.6 Å². The Hall–Kier alpha value is -4.63. The fourth-order valence-electron chi connectivity index (χ4n) is 8.28. The number of hydrogen-bond donors (Lipinski definition) is 8. The predicted octanol–water partition coefficient (Wildman–Crippen LogP) is 5.50. The zero-order chi connectivity index (χ0) is 46.3. The van der Waals surface area contributed by atoms with Crippen LogP contribution in [0.3, 0.4) is 0 Å². The number of carbonyl (C=O) groups is 7. The number of allylic oxidation sites excluding steroid dienone is 2. The molecule has 3 aliphatic rings. The number of aliphatic hydroxyl groups is 3. The number of fused-ring (bicyclic) bond motifs is 4. The van der Waals surface area contributed by atoms with Crippen molar-refractivity contribution < 1.29 is 54.0 Å². The van der Waals surface area contributed by atoms with Crippen LogP contribution in [0.4, 0.5) is 0 Å². The lowest BCUT2D eigenvalue weighted by atomic mass is 9.78. The number of ketones is 2. The highest BCUT2D eigenvalue weighted by Gasteiger charge is 2.36. The van der Waals surface area contributed by atoms with E-state index in [1.165, 1.54) is 70.8 Å². The molecule has 4 bridgehead atoms. The number of aliphatic carboxylic acids is 1. The monoisotopic (exact) mass is 883 g/mol. The number of nitrogens with one attached hydrogen (secondary N) is 4. The maximum absolute atomic E-state index is 13.8. The average molecular weight is 883 g/mol.